The van der Waals surface area contributed by atoms with Crippen molar-refractivity contribution in [3.8, 4) is 0 Å². The topological polar surface area (TPSA) is 195 Å². The maximum absolute atomic E-state index is 10.3. The second-order valence-corrected chi connectivity index (χ2v) is 3.08. The maximum Gasteiger partial charge on any atom is 2.00 e. The summed E-state index contributed by atoms with van der Waals surface area (Å²) in [5.41, 5.74) is 1.83. The first-order valence-corrected chi connectivity index (χ1v) is 4.36. The van der Waals surface area contributed by atoms with Crippen LogP contribution in [-0.4, -0.2) is 99.3 Å². The molecule has 0 aliphatic carbocycles. The van der Waals surface area contributed by atoms with Gasteiger partial charge in [0.15, 0.2) is 5.60 Å². The summed E-state index contributed by atoms with van der Waals surface area (Å²) in [6.07, 6.45) is -2.29. The molecule has 0 amide bonds. The Morgan fingerprint density at radius 2 is 1.16 bits per heavy atom. The molecule has 0 radical (unpaired) electrons. The van der Waals surface area contributed by atoms with Gasteiger partial charge in [0.25, 0.3) is 0 Å². The summed E-state index contributed by atoms with van der Waals surface area (Å²) in [6.45, 7) is -0.278. The van der Waals surface area contributed by atoms with Gasteiger partial charge in [-0.3, -0.25) is 14.4 Å². The van der Waals surface area contributed by atoms with Crippen LogP contribution < -0.4 is 5.73 Å². The fraction of sp³-hybridized carbons (Fsp3) is 0.500. The zero-order valence-electron chi connectivity index (χ0n) is 11.8. The third-order valence-corrected chi connectivity index (χ3v) is 1.46. The van der Waals surface area contributed by atoms with Crippen LogP contribution in [-0.2, 0) is 19.2 Å². The van der Waals surface area contributed by atoms with Crippen LogP contribution in [0.15, 0.2) is 0 Å². The van der Waals surface area contributed by atoms with Crippen molar-refractivity contribution >= 4 is 61.6 Å². The van der Waals surface area contributed by atoms with Gasteiger partial charge in [-0.25, -0.2) is 4.79 Å². The van der Waals surface area contributed by atoms with Crippen molar-refractivity contribution in [1.82, 2.24) is 0 Å². The molecule has 0 rings (SSSR count). The van der Waals surface area contributed by atoms with Gasteiger partial charge < -0.3 is 34.1 Å². The van der Waals surface area contributed by atoms with Crippen LogP contribution in [0.25, 0.3) is 0 Å². The van der Waals surface area contributed by atoms with E-state index in [0.29, 0.717) is 0 Å². The fourth-order valence-corrected chi connectivity index (χ4v) is 0.714. The van der Waals surface area contributed by atoms with Crippen molar-refractivity contribution in [2.24, 2.45) is 5.73 Å². The molecule has 0 saturated heterocycles. The van der Waals surface area contributed by atoms with Gasteiger partial charge in [-0.15, -0.1) is 0 Å². The minimum absolute atomic E-state index is 0. The molecule has 0 aliphatic heterocycles. The minimum atomic E-state index is -2.74. The van der Waals surface area contributed by atoms with E-state index in [1.807, 2.05) is 0 Å². The molecule has 0 atom stereocenters. The zero-order valence-corrected chi connectivity index (χ0v) is 12.0. The maximum atomic E-state index is 10.3. The third-order valence-electron chi connectivity index (χ3n) is 1.46. The van der Waals surface area contributed by atoms with Crippen LogP contribution in [0.2, 0.25) is 0 Å². The first-order chi connectivity index (χ1) is 8.05. The summed E-state index contributed by atoms with van der Waals surface area (Å²) in [4.78, 5) is 39.7. The summed E-state index contributed by atoms with van der Waals surface area (Å²) in [7, 11) is 0. The van der Waals surface area contributed by atoms with Gasteiger partial charge in [-0.05, 0) is 0 Å². The van der Waals surface area contributed by atoms with Gasteiger partial charge in [0, 0.05) is 0 Å². The summed E-state index contributed by atoms with van der Waals surface area (Å²) < 4.78 is 0. The Balaban J connectivity index is -0.0000000933. The van der Waals surface area contributed by atoms with Crippen molar-refractivity contribution in [1.29, 1.82) is 0 Å². The molecule has 0 aliphatic rings. The quantitative estimate of drug-likeness (QED) is 0.288. The smallest absolute Gasteiger partial charge is 1.00 e. The number of carboxylic acid groups (broad SMARTS) is 4. The van der Waals surface area contributed by atoms with E-state index in [1.54, 1.807) is 0 Å². The predicted octanol–water partition coefficient (Wildman–Crippen LogP) is -2.37. The fourth-order valence-electron chi connectivity index (χ4n) is 0.714. The molecule has 0 saturated carbocycles. The summed E-state index contributed by atoms with van der Waals surface area (Å²) in [6, 6.07) is 0. The summed E-state index contributed by atoms with van der Waals surface area (Å²) >= 11 is 0. The van der Waals surface area contributed by atoms with Crippen molar-refractivity contribution in [3.05, 3.63) is 0 Å². The average molecular weight is 309 g/mol. The van der Waals surface area contributed by atoms with E-state index in [1.165, 1.54) is 0 Å². The van der Waals surface area contributed by atoms with Gasteiger partial charge in [-0.2, -0.15) is 0 Å². The van der Waals surface area contributed by atoms with Crippen LogP contribution in [0.1, 0.15) is 15.7 Å². The Hall–Kier alpha value is -0.940. The second-order valence-electron chi connectivity index (χ2n) is 3.08. The standard InChI is InChI=1S/C6H8O7.C2H5NO2.Ca.2H/c7-3(8)1-6(13,5(11)12)2-4(9)10;3-1-2(4)5;;;/h13H,1-2H2,(H,7,8)(H,9,10)(H,11,12);1,3H2,(H,4,5);;;/q;;+2;2*-1. The van der Waals surface area contributed by atoms with E-state index >= 15 is 0 Å². The zero-order chi connectivity index (χ0) is 14.9. The van der Waals surface area contributed by atoms with Gasteiger partial charge in [0.1, 0.15) is 0 Å². The Labute approximate surface area is 139 Å². The Bertz CT molecular complexity index is 337. The molecule has 0 bridgehead atoms. The van der Waals surface area contributed by atoms with Crippen LogP contribution in [0.4, 0.5) is 0 Å². The minimum Gasteiger partial charge on any atom is -1.00 e. The van der Waals surface area contributed by atoms with E-state index in [0.717, 1.165) is 0 Å². The van der Waals surface area contributed by atoms with Crippen LogP contribution in [0.5, 0.6) is 0 Å². The van der Waals surface area contributed by atoms with E-state index in [4.69, 9.17) is 25.5 Å². The van der Waals surface area contributed by atoms with Crippen molar-refractivity contribution in [3.63, 3.8) is 0 Å². The Morgan fingerprint density at radius 3 is 1.26 bits per heavy atom. The normalized spacial score (nSPS) is 9.37. The Kier molecular flexibility index (Phi) is 13.3. The monoisotopic (exact) mass is 309 g/mol. The molecule has 19 heavy (non-hydrogen) atoms. The van der Waals surface area contributed by atoms with Gasteiger partial charge in [0.2, 0.25) is 0 Å². The predicted molar refractivity (Wildman–Crippen MR) is 61.8 cm³/mol. The van der Waals surface area contributed by atoms with Crippen molar-refractivity contribution in [2.75, 3.05) is 6.54 Å². The van der Waals surface area contributed by atoms with Crippen molar-refractivity contribution < 1.29 is 47.6 Å². The molecule has 10 nitrogen and oxygen atoms in total. The average Bonchev–Trinajstić information content (AvgIpc) is 2.15. The molecule has 0 unspecified atom stereocenters. The number of hydrogen-bond acceptors (Lipinski definition) is 6. The van der Waals surface area contributed by atoms with E-state index in [2.05, 4.69) is 5.73 Å². The van der Waals surface area contributed by atoms with Gasteiger partial charge in [-0.1, -0.05) is 0 Å². The molecule has 0 fully saturated rings. The Morgan fingerprint density at radius 1 is 0.895 bits per heavy atom. The van der Waals surface area contributed by atoms with Crippen LogP contribution in [0, 0.1) is 0 Å². The number of aliphatic hydroxyl groups is 1. The SMILES string of the molecule is NCC(=O)O.O=C(O)CC(O)(CC(=O)O)C(=O)O.[Ca+2].[H-].[H-]. The summed E-state index contributed by atoms with van der Waals surface area (Å²) in [5, 5.41) is 41.4. The van der Waals surface area contributed by atoms with Crippen LogP contribution >= 0.6 is 0 Å². The van der Waals surface area contributed by atoms with Crippen LogP contribution in [0.3, 0.4) is 0 Å². The van der Waals surface area contributed by atoms with Gasteiger partial charge >= 0.3 is 61.6 Å². The number of carbonyl (C=O) groups is 4. The second kappa shape index (κ2) is 10.9. The molecule has 0 spiro atoms. The molecular formula is C8H15CaNO9. The molecule has 0 heterocycles. The van der Waals surface area contributed by atoms with E-state index in [9.17, 15) is 19.2 Å². The molecule has 7 N–H and O–H groups in total. The molecule has 108 valence electrons. The first kappa shape index (κ1) is 23.2. The number of nitrogens with two attached hydrogens (primary N) is 1. The molecular weight excluding hydrogens is 294 g/mol. The largest absolute Gasteiger partial charge is 2.00 e. The summed E-state index contributed by atoms with van der Waals surface area (Å²) in [5.74, 6) is -5.99. The molecule has 0 aromatic rings. The number of rotatable bonds is 6. The van der Waals surface area contributed by atoms with Crippen molar-refractivity contribution in [2.45, 2.75) is 18.4 Å². The number of carboxylic acids is 4. The first-order valence-electron chi connectivity index (χ1n) is 4.36. The van der Waals surface area contributed by atoms with E-state index in [-0.39, 0.29) is 47.1 Å². The third kappa shape index (κ3) is 13.3. The molecule has 0 aromatic carbocycles. The molecule has 11 heteroatoms. The number of hydrogen-bond donors (Lipinski definition) is 6. The molecule has 0 aromatic heterocycles. The van der Waals surface area contributed by atoms with Gasteiger partial charge in [0.05, 0.1) is 19.4 Å². The van der Waals surface area contributed by atoms with E-state index < -0.39 is 42.3 Å². The number of aliphatic carboxylic acids is 4.